The van der Waals surface area contributed by atoms with Crippen LogP contribution < -0.4 is 4.74 Å². The number of carbonyl (C=O) groups is 2. The Balaban J connectivity index is 2.41. The van der Waals surface area contributed by atoms with Gasteiger partial charge in [0, 0.05) is 13.2 Å². The first-order valence-corrected chi connectivity index (χ1v) is 7.58. The van der Waals surface area contributed by atoms with E-state index >= 15 is 0 Å². The predicted molar refractivity (Wildman–Crippen MR) is 88.5 cm³/mol. The molecule has 0 unspecified atom stereocenters. The standard InChI is InChI=1S/C18H18O7/c19-7-5-11-9-13(17(21)22)1-3-15(11)25-16-4-2-14(18(23)24)10-12(16)6-8-20/h1-4,9-10,19-20H,5-8H2,(H,21,22)(H,23,24). The van der Waals surface area contributed by atoms with E-state index < -0.39 is 11.9 Å². The van der Waals surface area contributed by atoms with Crippen molar-refractivity contribution in [2.75, 3.05) is 13.2 Å². The highest BCUT2D eigenvalue weighted by Gasteiger charge is 2.14. The number of aromatic carboxylic acids is 2. The van der Waals surface area contributed by atoms with Crippen molar-refractivity contribution in [2.24, 2.45) is 0 Å². The van der Waals surface area contributed by atoms with E-state index in [1.165, 1.54) is 36.4 Å². The molecule has 7 nitrogen and oxygen atoms in total. The molecule has 0 atom stereocenters. The van der Waals surface area contributed by atoms with Crippen LogP contribution in [0.15, 0.2) is 36.4 Å². The van der Waals surface area contributed by atoms with Crippen LogP contribution in [0, 0.1) is 0 Å². The first kappa shape index (κ1) is 18.4. The highest BCUT2D eigenvalue weighted by atomic mass is 16.5. The number of carboxylic acid groups (broad SMARTS) is 2. The number of aliphatic hydroxyl groups excluding tert-OH is 2. The quantitative estimate of drug-likeness (QED) is 0.576. The molecule has 7 heteroatoms. The number of benzene rings is 2. The lowest BCUT2D eigenvalue weighted by atomic mass is 10.1. The highest BCUT2D eigenvalue weighted by molar-refractivity contribution is 5.88. The van der Waals surface area contributed by atoms with Gasteiger partial charge in [-0.2, -0.15) is 0 Å². The Morgan fingerprint density at radius 1 is 0.760 bits per heavy atom. The van der Waals surface area contributed by atoms with Gasteiger partial charge in [-0.3, -0.25) is 0 Å². The van der Waals surface area contributed by atoms with Crippen molar-refractivity contribution in [1.29, 1.82) is 0 Å². The molecular weight excluding hydrogens is 328 g/mol. The monoisotopic (exact) mass is 346 g/mol. The summed E-state index contributed by atoms with van der Waals surface area (Å²) in [6.45, 7) is -0.359. The molecule has 132 valence electrons. The van der Waals surface area contributed by atoms with Crippen molar-refractivity contribution >= 4 is 11.9 Å². The zero-order chi connectivity index (χ0) is 18.4. The molecule has 0 spiro atoms. The van der Waals surface area contributed by atoms with Gasteiger partial charge in [-0.25, -0.2) is 9.59 Å². The maximum absolute atomic E-state index is 11.1. The van der Waals surface area contributed by atoms with E-state index in [2.05, 4.69) is 0 Å². The van der Waals surface area contributed by atoms with Gasteiger partial charge in [-0.05, 0) is 60.4 Å². The van der Waals surface area contributed by atoms with Gasteiger partial charge >= 0.3 is 11.9 Å². The van der Waals surface area contributed by atoms with Crippen molar-refractivity contribution in [3.8, 4) is 11.5 Å². The van der Waals surface area contributed by atoms with E-state index in [1.54, 1.807) is 0 Å². The highest BCUT2D eigenvalue weighted by Crippen LogP contribution is 2.30. The number of hydrogen-bond acceptors (Lipinski definition) is 5. The van der Waals surface area contributed by atoms with Gasteiger partial charge in [0.05, 0.1) is 11.1 Å². The maximum Gasteiger partial charge on any atom is 0.335 e. The van der Waals surface area contributed by atoms with Crippen LogP contribution in [0.4, 0.5) is 0 Å². The number of rotatable bonds is 8. The van der Waals surface area contributed by atoms with Gasteiger partial charge in [-0.1, -0.05) is 0 Å². The van der Waals surface area contributed by atoms with Crippen molar-refractivity contribution in [3.05, 3.63) is 58.7 Å². The lowest BCUT2D eigenvalue weighted by Crippen LogP contribution is -2.04. The molecule has 0 saturated carbocycles. The van der Waals surface area contributed by atoms with Crippen molar-refractivity contribution < 1.29 is 34.8 Å². The van der Waals surface area contributed by atoms with Crippen LogP contribution in [0.3, 0.4) is 0 Å². The van der Waals surface area contributed by atoms with Crippen LogP contribution in [0.2, 0.25) is 0 Å². The minimum atomic E-state index is -1.09. The summed E-state index contributed by atoms with van der Waals surface area (Å²) in [5, 5.41) is 36.5. The predicted octanol–water partition coefficient (Wildman–Crippen LogP) is 1.94. The summed E-state index contributed by atoms with van der Waals surface area (Å²) in [6, 6.07) is 8.59. The minimum Gasteiger partial charge on any atom is -0.478 e. The SMILES string of the molecule is O=C(O)c1ccc(Oc2ccc(C(=O)O)cc2CCO)c(CCO)c1. The fourth-order valence-corrected chi connectivity index (χ4v) is 2.37. The molecule has 0 aromatic heterocycles. The largest absolute Gasteiger partial charge is 0.478 e. The number of carboxylic acids is 2. The third kappa shape index (κ3) is 4.56. The average Bonchev–Trinajstić information content (AvgIpc) is 2.58. The molecule has 0 saturated heterocycles. The number of hydrogen-bond donors (Lipinski definition) is 4. The molecule has 0 aliphatic carbocycles. The first-order chi connectivity index (χ1) is 12.0. The van der Waals surface area contributed by atoms with Crippen molar-refractivity contribution in [2.45, 2.75) is 12.8 Å². The molecule has 4 N–H and O–H groups in total. The molecule has 0 fully saturated rings. The van der Waals surface area contributed by atoms with Gasteiger partial charge in [0.2, 0.25) is 0 Å². The third-order valence-corrected chi connectivity index (χ3v) is 3.60. The van der Waals surface area contributed by atoms with Crippen LogP contribution in [0.1, 0.15) is 31.8 Å². The van der Waals surface area contributed by atoms with Gasteiger partial charge in [0.15, 0.2) is 0 Å². The smallest absolute Gasteiger partial charge is 0.335 e. The Labute approximate surface area is 143 Å². The lowest BCUT2D eigenvalue weighted by Gasteiger charge is -2.15. The van der Waals surface area contributed by atoms with Gasteiger partial charge < -0.3 is 25.2 Å². The zero-order valence-corrected chi connectivity index (χ0v) is 13.3. The van der Waals surface area contributed by atoms with Crippen LogP contribution in [0.5, 0.6) is 11.5 Å². The van der Waals surface area contributed by atoms with Gasteiger partial charge in [0.1, 0.15) is 11.5 Å². The Hall–Kier alpha value is -2.90. The molecular formula is C18H18O7. The van der Waals surface area contributed by atoms with Gasteiger partial charge in [-0.15, -0.1) is 0 Å². The zero-order valence-electron chi connectivity index (χ0n) is 13.3. The van der Waals surface area contributed by atoms with Crippen LogP contribution in [-0.4, -0.2) is 45.6 Å². The Bertz CT molecular complexity index is 717. The number of ether oxygens (including phenoxy) is 1. The maximum atomic E-state index is 11.1. The average molecular weight is 346 g/mol. The van der Waals surface area contributed by atoms with E-state index in [9.17, 15) is 19.8 Å². The van der Waals surface area contributed by atoms with Gasteiger partial charge in [0.25, 0.3) is 0 Å². The van der Waals surface area contributed by atoms with Crippen LogP contribution in [0.25, 0.3) is 0 Å². The molecule has 2 aromatic carbocycles. The van der Waals surface area contributed by atoms with Crippen LogP contribution in [-0.2, 0) is 12.8 Å². The Kier molecular flexibility index (Phi) is 6.10. The lowest BCUT2D eigenvalue weighted by molar-refractivity contribution is 0.0686. The van der Waals surface area contributed by atoms with E-state index in [1.807, 2.05) is 0 Å². The second kappa shape index (κ2) is 8.27. The molecule has 0 aliphatic rings. The van der Waals surface area contributed by atoms with Crippen molar-refractivity contribution in [1.82, 2.24) is 0 Å². The summed E-state index contributed by atoms with van der Waals surface area (Å²) in [5.74, 6) is -1.45. The second-order valence-corrected chi connectivity index (χ2v) is 5.30. The third-order valence-electron chi connectivity index (χ3n) is 3.60. The topological polar surface area (TPSA) is 124 Å². The Morgan fingerprint density at radius 3 is 1.48 bits per heavy atom. The molecule has 0 heterocycles. The molecule has 0 radical (unpaired) electrons. The molecule has 25 heavy (non-hydrogen) atoms. The summed E-state index contributed by atoms with van der Waals surface area (Å²) >= 11 is 0. The Morgan fingerprint density at radius 2 is 1.16 bits per heavy atom. The molecule has 0 amide bonds. The van der Waals surface area contributed by atoms with Crippen molar-refractivity contribution in [3.63, 3.8) is 0 Å². The normalized spacial score (nSPS) is 10.5. The molecule has 2 aromatic rings. The fraction of sp³-hybridized carbons (Fsp3) is 0.222. The van der Waals surface area contributed by atoms with E-state index in [-0.39, 0.29) is 37.2 Å². The molecule has 0 bridgehead atoms. The summed E-state index contributed by atoms with van der Waals surface area (Å²) in [5.41, 5.74) is 1.18. The van der Waals surface area contributed by atoms with E-state index in [4.69, 9.17) is 14.9 Å². The van der Waals surface area contributed by atoms with E-state index in [0.29, 0.717) is 22.6 Å². The number of aliphatic hydroxyl groups is 2. The molecule has 2 rings (SSSR count). The fourth-order valence-electron chi connectivity index (χ4n) is 2.37. The summed E-state index contributed by atoms with van der Waals surface area (Å²) in [7, 11) is 0. The van der Waals surface area contributed by atoms with Crippen LogP contribution >= 0.6 is 0 Å². The van der Waals surface area contributed by atoms with E-state index in [0.717, 1.165) is 0 Å². The minimum absolute atomic E-state index is 0.0765. The summed E-state index contributed by atoms with van der Waals surface area (Å²) < 4.78 is 5.81. The summed E-state index contributed by atoms with van der Waals surface area (Å²) in [4.78, 5) is 22.2. The summed E-state index contributed by atoms with van der Waals surface area (Å²) in [6.07, 6.45) is 0.415. The first-order valence-electron chi connectivity index (χ1n) is 7.58. The molecule has 0 aliphatic heterocycles. The second-order valence-electron chi connectivity index (χ2n) is 5.30.